The first-order chi connectivity index (χ1) is 12.7. The molecule has 0 bridgehead atoms. The summed E-state index contributed by atoms with van der Waals surface area (Å²) in [5.74, 6) is 1.01. The number of hydrogen-bond donors (Lipinski definition) is 0. The predicted molar refractivity (Wildman–Crippen MR) is 107 cm³/mol. The Hall–Kier alpha value is -2.95. The minimum Gasteiger partial charge on any atom is -0.361 e. The SMILES string of the molecule is Cc1ccc(C(/C=C2\SCCN2Cc2ccccc2)=C(C#N)C#N)cc1. The molecule has 1 fully saturated rings. The molecular weight excluding hydrogens is 338 g/mol. The summed E-state index contributed by atoms with van der Waals surface area (Å²) in [5, 5.41) is 19.9. The van der Waals surface area contributed by atoms with Crippen molar-refractivity contribution in [2.75, 3.05) is 12.3 Å². The maximum absolute atomic E-state index is 9.41. The van der Waals surface area contributed by atoms with Crippen LogP contribution in [0.25, 0.3) is 5.57 Å². The number of rotatable bonds is 4. The lowest BCUT2D eigenvalue weighted by atomic mass is 10.00. The van der Waals surface area contributed by atoms with Gasteiger partial charge in [-0.2, -0.15) is 10.5 Å². The zero-order valence-electron chi connectivity index (χ0n) is 14.6. The third-order valence-electron chi connectivity index (χ3n) is 4.26. The molecule has 1 aliphatic heterocycles. The van der Waals surface area contributed by atoms with E-state index in [1.54, 1.807) is 11.8 Å². The van der Waals surface area contributed by atoms with Crippen molar-refractivity contribution in [1.82, 2.24) is 4.90 Å². The Morgan fingerprint density at radius 3 is 2.42 bits per heavy atom. The van der Waals surface area contributed by atoms with Gasteiger partial charge in [-0.3, -0.25) is 0 Å². The van der Waals surface area contributed by atoms with Gasteiger partial charge in [0.15, 0.2) is 0 Å². The molecule has 0 amide bonds. The molecule has 0 aliphatic carbocycles. The van der Waals surface area contributed by atoms with Crippen molar-refractivity contribution in [2.45, 2.75) is 13.5 Å². The number of thioether (sulfide) groups is 1. The molecule has 0 aromatic heterocycles. The van der Waals surface area contributed by atoms with E-state index in [1.165, 1.54) is 5.56 Å². The maximum atomic E-state index is 9.41. The Balaban J connectivity index is 1.97. The fourth-order valence-electron chi connectivity index (χ4n) is 2.86. The Morgan fingerprint density at radius 2 is 1.77 bits per heavy atom. The summed E-state index contributed by atoms with van der Waals surface area (Å²) in [6.45, 7) is 3.81. The Kier molecular flexibility index (Phi) is 5.79. The molecule has 3 rings (SSSR count). The fraction of sp³-hybridized carbons (Fsp3) is 0.182. The topological polar surface area (TPSA) is 50.8 Å². The van der Waals surface area contributed by atoms with E-state index in [0.717, 1.165) is 35.0 Å². The van der Waals surface area contributed by atoms with Gasteiger partial charge in [-0.15, -0.1) is 11.8 Å². The Morgan fingerprint density at radius 1 is 1.08 bits per heavy atom. The van der Waals surface area contributed by atoms with Crippen LogP contribution >= 0.6 is 11.8 Å². The van der Waals surface area contributed by atoms with Gasteiger partial charge in [0.25, 0.3) is 0 Å². The zero-order chi connectivity index (χ0) is 18.4. The van der Waals surface area contributed by atoms with Crippen molar-refractivity contribution >= 4 is 17.3 Å². The molecule has 3 nitrogen and oxygen atoms in total. The number of nitrogens with zero attached hydrogens (tertiary/aromatic N) is 3. The lowest BCUT2D eigenvalue weighted by molar-refractivity contribution is 0.396. The van der Waals surface area contributed by atoms with Crippen LogP contribution in [0.3, 0.4) is 0 Å². The van der Waals surface area contributed by atoms with E-state index in [0.29, 0.717) is 5.57 Å². The molecular formula is C22H19N3S. The van der Waals surface area contributed by atoms with Gasteiger partial charge in [-0.25, -0.2) is 0 Å². The molecule has 2 aromatic carbocycles. The molecule has 0 saturated carbocycles. The molecule has 2 aromatic rings. The zero-order valence-corrected chi connectivity index (χ0v) is 15.5. The Bertz CT molecular complexity index is 897. The number of nitriles is 2. The summed E-state index contributed by atoms with van der Waals surface area (Å²) >= 11 is 1.77. The number of aryl methyl sites for hydroxylation is 1. The molecule has 0 N–H and O–H groups in total. The summed E-state index contributed by atoms with van der Waals surface area (Å²) in [4.78, 5) is 2.31. The van der Waals surface area contributed by atoms with E-state index < -0.39 is 0 Å². The highest BCUT2D eigenvalue weighted by molar-refractivity contribution is 8.03. The third kappa shape index (κ3) is 4.17. The quantitative estimate of drug-likeness (QED) is 0.731. The van der Waals surface area contributed by atoms with E-state index in [9.17, 15) is 10.5 Å². The van der Waals surface area contributed by atoms with Gasteiger partial charge in [-0.1, -0.05) is 60.2 Å². The molecule has 4 heteroatoms. The fourth-order valence-corrected chi connectivity index (χ4v) is 3.92. The summed E-state index contributed by atoms with van der Waals surface area (Å²) in [7, 11) is 0. The average molecular weight is 357 g/mol. The second-order valence-electron chi connectivity index (χ2n) is 6.12. The molecule has 0 unspecified atom stereocenters. The minimum atomic E-state index is 0.147. The number of allylic oxidation sites excluding steroid dienone is 3. The predicted octanol–water partition coefficient (Wildman–Crippen LogP) is 4.89. The monoisotopic (exact) mass is 357 g/mol. The van der Waals surface area contributed by atoms with E-state index in [-0.39, 0.29) is 5.57 Å². The number of hydrogen-bond acceptors (Lipinski definition) is 4. The van der Waals surface area contributed by atoms with Crippen LogP contribution in [0.5, 0.6) is 0 Å². The highest BCUT2D eigenvalue weighted by Gasteiger charge is 2.19. The summed E-state index contributed by atoms with van der Waals surface area (Å²) in [6, 6.07) is 22.4. The van der Waals surface area contributed by atoms with Crippen LogP contribution in [0.1, 0.15) is 16.7 Å². The maximum Gasteiger partial charge on any atom is 0.137 e. The first-order valence-electron chi connectivity index (χ1n) is 8.46. The van der Waals surface area contributed by atoms with Crippen LogP contribution in [0.15, 0.2) is 71.3 Å². The standard InChI is InChI=1S/C22H19N3S/c1-17-7-9-19(10-8-17)21(20(14-23)15-24)13-22-25(11-12-26-22)16-18-5-3-2-4-6-18/h2-10,13H,11-12,16H2,1H3/b22-13-. The van der Waals surface area contributed by atoms with Gasteiger partial charge < -0.3 is 4.90 Å². The van der Waals surface area contributed by atoms with Crippen LogP contribution in [-0.2, 0) is 6.54 Å². The summed E-state index contributed by atoms with van der Waals surface area (Å²) in [5.41, 5.74) is 4.14. The largest absolute Gasteiger partial charge is 0.361 e. The van der Waals surface area contributed by atoms with Crippen molar-refractivity contribution in [1.29, 1.82) is 10.5 Å². The van der Waals surface area contributed by atoms with E-state index in [1.807, 2.05) is 67.6 Å². The third-order valence-corrected chi connectivity index (χ3v) is 5.32. The minimum absolute atomic E-state index is 0.147. The smallest absolute Gasteiger partial charge is 0.137 e. The van der Waals surface area contributed by atoms with Gasteiger partial charge in [0.2, 0.25) is 0 Å². The molecule has 0 spiro atoms. The van der Waals surface area contributed by atoms with Crippen LogP contribution < -0.4 is 0 Å². The molecule has 26 heavy (non-hydrogen) atoms. The molecule has 0 atom stereocenters. The van der Waals surface area contributed by atoms with Crippen LogP contribution in [-0.4, -0.2) is 17.2 Å². The van der Waals surface area contributed by atoms with Crippen molar-refractivity contribution < 1.29 is 0 Å². The van der Waals surface area contributed by atoms with Crippen LogP contribution in [0.2, 0.25) is 0 Å². The average Bonchev–Trinajstić information content (AvgIpc) is 3.10. The van der Waals surface area contributed by atoms with Crippen molar-refractivity contribution in [2.24, 2.45) is 0 Å². The molecule has 1 heterocycles. The van der Waals surface area contributed by atoms with Gasteiger partial charge in [0.05, 0.1) is 5.03 Å². The summed E-state index contributed by atoms with van der Waals surface area (Å²) < 4.78 is 0. The second-order valence-corrected chi connectivity index (χ2v) is 7.23. The molecule has 128 valence electrons. The van der Waals surface area contributed by atoms with E-state index >= 15 is 0 Å². The second kappa shape index (κ2) is 8.43. The normalized spacial score (nSPS) is 14.7. The van der Waals surface area contributed by atoms with Gasteiger partial charge >= 0.3 is 0 Å². The van der Waals surface area contributed by atoms with Gasteiger partial charge in [0.1, 0.15) is 17.7 Å². The van der Waals surface area contributed by atoms with Crippen molar-refractivity contribution in [3.8, 4) is 12.1 Å². The van der Waals surface area contributed by atoms with Gasteiger partial charge in [-0.05, 0) is 24.1 Å². The Labute approximate surface area is 158 Å². The number of benzene rings is 2. The molecule has 1 aliphatic rings. The summed E-state index contributed by atoms with van der Waals surface area (Å²) in [6.07, 6.45) is 1.99. The van der Waals surface area contributed by atoms with Crippen LogP contribution in [0.4, 0.5) is 0 Å². The first-order valence-corrected chi connectivity index (χ1v) is 9.44. The molecule has 0 radical (unpaired) electrons. The lowest BCUT2D eigenvalue weighted by Crippen LogP contribution is -2.17. The highest BCUT2D eigenvalue weighted by Crippen LogP contribution is 2.33. The first kappa shape index (κ1) is 17.9. The van der Waals surface area contributed by atoms with Crippen molar-refractivity contribution in [3.63, 3.8) is 0 Å². The molecule has 1 saturated heterocycles. The highest BCUT2D eigenvalue weighted by atomic mass is 32.2. The van der Waals surface area contributed by atoms with E-state index in [4.69, 9.17) is 0 Å². The van der Waals surface area contributed by atoms with Crippen LogP contribution in [0, 0.1) is 29.6 Å². The van der Waals surface area contributed by atoms with Crippen molar-refractivity contribution in [3.05, 3.63) is 88.0 Å². The van der Waals surface area contributed by atoms with Gasteiger partial charge in [0, 0.05) is 24.4 Å². The van der Waals surface area contributed by atoms with E-state index in [2.05, 4.69) is 17.0 Å². The lowest BCUT2D eigenvalue weighted by Gasteiger charge is -2.19.